The Hall–Kier alpha value is -1.11. The van der Waals surface area contributed by atoms with Crippen LogP contribution in [0.4, 0.5) is 0 Å². The second-order valence-corrected chi connectivity index (χ2v) is 5.40. The Balaban J connectivity index is 1.90. The van der Waals surface area contributed by atoms with Gasteiger partial charge in [0.05, 0.1) is 5.69 Å². The highest BCUT2D eigenvalue weighted by atomic mass is 32.2. The fourth-order valence-corrected chi connectivity index (χ4v) is 2.90. The Labute approximate surface area is 110 Å². The number of hydrogen-bond acceptors (Lipinski definition) is 5. The zero-order valence-corrected chi connectivity index (χ0v) is 10.9. The van der Waals surface area contributed by atoms with E-state index in [0.29, 0.717) is 10.9 Å². The molecule has 0 radical (unpaired) electrons. The van der Waals surface area contributed by atoms with Crippen LogP contribution in [-0.2, 0) is 10.5 Å². The average Bonchev–Trinajstić information content (AvgIpc) is 2.45. The lowest BCUT2D eigenvalue weighted by Crippen LogP contribution is -2.30. The van der Waals surface area contributed by atoms with Gasteiger partial charge < -0.3 is 4.74 Å². The van der Waals surface area contributed by atoms with Crippen molar-refractivity contribution >= 4 is 17.7 Å². The van der Waals surface area contributed by atoms with Crippen molar-refractivity contribution < 1.29 is 9.53 Å². The lowest BCUT2D eigenvalue weighted by atomic mass is 10.2. The fraction of sp³-hybridized carbons (Fsp3) is 0.500. The molecule has 1 aromatic heterocycles. The number of nitrogen functional groups attached to an aromatic ring is 1. The van der Waals surface area contributed by atoms with E-state index in [9.17, 15) is 4.79 Å². The van der Waals surface area contributed by atoms with Gasteiger partial charge >= 0.3 is 0 Å². The number of thioether (sulfide) groups is 1. The van der Waals surface area contributed by atoms with Crippen molar-refractivity contribution in [1.82, 2.24) is 10.4 Å². The minimum atomic E-state index is -0.354. The van der Waals surface area contributed by atoms with Gasteiger partial charge in [0.25, 0.3) is 5.91 Å². The fourth-order valence-electron chi connectivity index (χ4n) is 1.81. The van der Waals surface area contributed by atoms with E-state index in [1.54, 1.807) is 6.07 Å². The SMILES string of the molecule is NNC(=O)c1cccc(CSC2CCOCC2)n1. The van der Waals surface area contributed by atoms with Gasteiger partial charge in [0.2, 0.25) is 0 Å². The van der Waals surface area contributed by atoms with E-state index in [-0.39, 0.29) is 5.91 Å². The van der Waals surface area contributed by atoms with Crippen LogP contribution in [0.5, 0.6) is 0 Å². The van der Waals surface area contributed by atoms with Crippen LogP contribution < -0.4 is 11.3 Å². The van der Waals surface area contributed by atoms with Gasteiger partial charge in [-0.2, -0.15) is 11.8 Å². The number of nitrogens with two attached hydrogens (primary N) is 1. The molecule has 0 aromatic carbocycles. The predicted octanol–water partition coefficient (Wildman–Crippen LogP) is 1.10. The van der Waals surface area contributed by atoms with Gasteiger partial charge in [0.1, 0.15) is 5.69 Å². The lowest BCUT2D eigenvalue weighted by Gasteiger charge is -2.21. The van der Waals surface area contributed by atoms with Crippen molar-refractivity contribution in [3.63, 3.8) is 0 Å². The maximum Gasteiger partial charge on any atom is 0.283 e. The van der Waals surface area contributed by atoms with Crippen molar-refractivity contribution in [2.24, 2.45) is 5.84 Å². The first-order valence-corrected chi connectivity index (χ1v) is 7.00. The molecule has 0 saturated carbocycles. The number of hydrazine groups is 1. The van der Waals surface area contributed by atoms with Crippen LogP contribution in [0, 0.1) is 0 Å². The summed E-state index contributed by atoms with van der Waals surface area (Å²) >= 11 is 1.87. The number of aromatic nitrogens is 1. The van der Waals surface area contributed by atoms with Crippen molar-refractivity contribution in [2.45, 2.75) is 23.8 Å². The zero-order chi connectivity index (χ0) is 12.8. The van der Waals surface area contributed by atoms with Crippen LogP contribution >= 0.6 is 11.8 Å². The summed E-state index contributed by atoms with van der Waals surface area (Å²) in [5.74, 6) is 5.55. The summed E-state index contributed by atoms with van der Waals surface area (Å²) in [6.07, 6.45) is 2.18. The van der Waals surface area contributed by atoms with Gasteiger partial charge in [-0.05, 0) is 25.0 Å². The van der Waals surface area contributed by atoms with Gasteiger partial charge in [-0.15, -0.1) is 0 Å². The largest absolute Gasteiger partial charge is 0.381 e. The van der Waals surface area contributed by atoms with E-state index < -0.39 is 0 Å². The lowest BCUT2D eigenvalue weighted by molar-refractivity contribution is 0.0948. The normalized spacial score (nSPS) is 16.5. The van der Waals surface area contributed by atoms with Crippen molar-refractivity contribution in [1.29, 1.82) is 0 Å². The van der Waals surface area contributed by atoms with Crippen LogP contribution in [0.1, 0.15) is 29.0 Å². The molecule has 0 spiro atoms. The molecular weight excluding hydrogens is 250 g/mol. The number of rotatable bonds is 4. The predicted molar refractivity (Wildman–Crippen MR) is 71.0 cm³/mol. The molecule has 98 valence electrons. The topological polar surface area (TPSA) is 77.2 Å². The highest BCUT2D eigenvalue weighted by Crippen LogP contribution is 2.24. The van der Waals surface area contributed by atoms with E-state index in [4.69, 9.17) is 10.6 Å². The molecule has 1 aromatic rings. The van der Waals surface area contributed by atoms with E-state index in [2.05, 4.69) is 10.4 Å². The first-order valence-electron chi connectivity index (χ1n) is 5.96. The van der Waals surface area contributed by atoms with Gasteiger partial charge in [-0.1, -0.05) is 6.07 Å². The Kier molecular flexibility index (Phi) is 4.98. The number of amides is 1. The van der Waals surface area contributed by atoms with Gasteiger partial charge in [0, 0.05) is 24.2 Å². The molecule has 1 aliphatic rings. The number of ether oxygens (including phenoxy) is 1. The molecule has 3 N–H and O–H groups in total. The smallest absolute Gasteiger partial charge is 0.283 e. The second kappa shape index (κ2) is 6.72. The molecule has 6 heteroatoms. The molecule has 1 aliphatic heterocycles. The quantitative estimate of drug-likeness (QED) is 0.485. The molecule has 1 fully saturated rings. The molecule has 0 unspecified atom stereocenters. The highest BCUT2D eigenvalue weighted by molar-refractivity contribution is 7.99. The van der Waals surface area contributed by atoms with Crippen molar-refractivity contribution in [2.75, 3.05) is 13.2 Å². The number of hydrogen-bond donors (Lipinski definition) is 2. The number of carbonyl (C=O) groups excluding carboxylic acids is 1. The zero-order valence-electron chi connectivity index (χ0n) is 10.1. The first-order chi connectivity index (χ1) is 8.79. The monoisotopic (exact) mass is 267 g/mol. The molecule has 0 aliphatic carbocycles. The Bertz CT molecular complexity index is 408. The molecule has 2 rings (SSSR count). The minimum absolute atomic E-state index is 0.354. The van der Waals surface area contributed by atoms with E-state index in [0.717, 1.165) is 37.5 Å². The van der Waals surface area contributed by atoms with Gasteiger partial charge in [0.15, 0.2) is 0 Å². The summed E-state index contributed by atoms with van der Waals surface area (Å²) in [7, 11) is 0. The maximum absolute atomic E-state index is 11.3. The van der Waals surface area contributed by atoms with E-state index in [1.807, 2.05) is 23.9 Å². The third-order valence-electron chi connectivity index (χ3n) is 2.81. The minimum Gasteiger partial charge on any atom is -0.381 e. The van der Waals surface area contributed by atoms with Crippen LogP contribution in [0.25, 0.3) is 0 Å². The highest BCUT2D eigenvalue weighted by Gasteiger charge is 2.14. The molecular formula is C12H17N3O2S. The Morgan fingerprint density at radius 2 is 2.28 bits per heavy atom. The molecule has 0 atom stereocenters. The van der Waals surface area contributed by atoms with E-state index >= 15 is 0 Å². The third-order valence-corrected chi connectivity index (χ3v) is 4.21. The molecule has 18 heavy (non-hydrogen) atoms. The summed E-state index contributed by atoms with van der Waals surface area (Å²) in [5.41, 5.74) is 3.36. The van der Waals surface area contributed by atoms with Crippen molar-refractivity contribution in [3.05, 3.63) is 29.6 Å². The second-order valence-electron chi connectivity index (χ2n) is 4.11. The number of pyridine rings is 1. The molecule has 0 bridgehead atoms. The van der Waals surface area contributed by atoms with Crippen LogP contribution in [0.3, 0.4) is 0 Å². The summed E-state index contributed by atoms with van der Waals surface area (Å²) in [5, 5.41) is 0.632. The first kappa shape index (κ1) is 13.3. The van der Waals surface area contributed by atoms with Crippen LogP contribution in [0.15, 0.2) is 18.2 Å². The summed E-state index contributed by atoms with van der Waals surface area (Å²) < 4.78 is 5.32. The molecule has 1 saturated heterocycles. The van der Waals surface area contributed by atoms with Crippen LogP contribution in [0.2, 0.25) is 0 Å². The summed E-state index contributed by atoms with van der Waals surface area (Å²) in [6.45, 7) is 1.70. The number of carbonyl (C=O) groups is 1. The maximum atomic E-state index is 11.3. The third kappa shape index (κ3) is 3.69. The summed E-state index contributed by atoms with van der Waals surface area (Å²) in [4.78, 5) is 15.6. The molecule has 2 heterocycles. The number of nitrogens with zero attached hydrogens (tertiary/aromatic N) is 1. The van der Waals surface area contributed by atoms with Crippen molar-refractivity contribution in [3.8, 4) is 0 Å². The average molecular weight is 267 g/mol. The standard InChI is InChI=1S/C12H17N3O2S/c13-15-12(16)11-3-1-2-9(14-11)8-18-10-4-6-17-7-5-10/h1-3,10H,4-8,13H2,(H,15,16). The summed E-state index contributed by atoms with van der Waals surface area (Å²) in [6, 6.07) is 5.42. The Morgan fingerprint density at radius 3 is 3.00 bits per heavy atom. The Morgan fingerprint density at radius 1 is 1.50 bits per heavy atom. The van der Waals surface area contributed by atoms with Gasteiger partial charge in [-0.25, -0.2) is 10.8 Å². The number of nitrogens with one attached hydrogen (secondary N) is 1. The van der Waals surface area contributed by atoms with Gasteiger partial charge in [-0.3, -0.25) is 10.2 Å². The van der Waals surface area contributed by atoms with Crippen LogP contribution in [-0.4, -0.2) is 29.4 Å². The van der Waals surface area contributed by atoms with E-state index in [1.165, 1.54) is 0 Å². The molecule has 1 amide bonds. The molecule has 5 nitrogen and oxygen atoms in total.